The van der Waals surface area contributed by atoms with Gasteiger partial charge in [-0.05, 0) is 18.2 Å². The highest BCUT2D eigenvalue weighted by Gasteiger charge is 2.01. The lowest BCUT2D eigenvalue weighted by atomic mass is 10.2. The fraction of sp³-hybridized carbons (Fsp3) is 0. The molecule has 1 aromatic carbocycles. The van der Waals surface area contributed by atoms with Crippen LogP contribution in [0.4, 0.5) is 5.69 Å². The molecule has 2 rings (SSSR count). The summed E-state index contributed by atoms with van der Waals surface area (Å²) < 4.78 is 0. The van der Waals surface area contributed by atoms with Crippen molar-refractivity contribution in [3.8, 4) is 0 Å². The fourth-order valence-electron chi connectivity index (χ4n) is 1.18. The van der Waals surface area contributed by atoms with Gasteiger partial charge >= 0.3 is 0 Å². The second kappa shape index (κ2) is 3.59. The quantitative estimate of drug-likeness (QED) is 0.604. The molecule has 14 heavy (non-hydrogen) atoms. The summed E-state index contributed by atoms with van der Waals surface area (Å²) in [5.74, 6) is 0. The molecule has 0 aliphatic carbocycles. The summed E-state index contributed by atoms with van der Waals surface area (Å²) in [6.07, 6.45) is 2.01. The highest BCUT2D eigenvalue weighted by molar-refractivity contribution is 6.34. The Morgan fingerprint density at radius 2 is 2.21 bits per heavy atom. The van der Waals surface area contributed by atoms with E-state index in [9.17, 15) is 4.79 Å². The maximum Gasteiger partial charge on any atom is 0.211 e. The van der Waals surface area contributed by atoms with Gasteiger partial charge in [0.15, 0.2) is 0 Å². The zero-order valence-corrected chi connectivity index (χ0v) is 7.82. The van der Waals surface area contributed by atoms with E-state index in [4.69, 9.17) is 11.6 Å². The van der Waals surface area contributed by atoms with Gasteiger partial charge in [-0.15, -0.1) is 0 Å². The molecule has 2 aromatic rings. The molecular weight excluding hydrogens is 202 g/mol. The molecule has 0 atom stereocenters. The zero-order valence-electron chi connectivity index (χ0n) is 7.07. The standard InChI is InChI=1S/C9H6ClN3O/c10-9-7-3-6(13-5-14)1-2-8(7)11-4-12-9/h1-5H,(H,13,14). The van der Waals surface area contributed by atoms with Crippen LogP contribution in [0.2, 0.25) is 5.15 Å². The Labute approximate surface area is 84.9 Å². The van der Waals surface area contributed by atoms with E-state index in [1.807, 2.05) is 0 Å². The normalized spacial score (nSPS) is 10.1. The Bertz CT molecular complexity index is 486. The third kappa shape index (κ3) is 1.52. The van der Waals surface area contributed by atoms with Gasteiger partial charge in [0, 0.05) is 11.1 Å². The van der Waals surface area contributed by atoms with E-state index in [-0.39, 0.29) is 0 Å². The minimum absolute atomic E-state index is 0.379. The molecule has 0 saturated carbocycles. The SMILES string of the molecule is O=CNc1ccc2ncnc(Cl)c2c1. The summed E-state index contributed by atoms with van der Waals surface area (Å²) in [6.45, 7) is 0. The molecule has 0 bridgehead atoms. The van der Waals surface area contributed by atoms with Gasteiger partial charge in [-0.25, -0.2) is 9.97 Å². The number of hydrogen-bond acceptors (Lipinski definition) is 3. The van der Waals surface area contributed by atoms with Crippen LogP contribution in [0.1, 0.15) is 0 Å². The van der Waals surface area contributed by atoms with E-state index in [0.29, 0.717) is 17.3 Å². The number of anilines is 1. The smallest absolute Gasteiger partial charge is 0.211 e. The van der Waals surface area contributed by atoms with Crippen LogP contribution >= 0.6 is 11.6 Å². The minimum atomic E-state index is 0.379. The number of nitrogens with zero attached hydrogens (tertiary/aromatic N) is 2. The molecule has 0 spiro atoms. The van der Waals surface area contributed by atoms with Crippen molar-refractivity contribution in [1.29, 1.82) is 0 Å². The van der Waals surface area contributed by atoms with Crippen LogP contribution in [0.5, 0.6) is 0 Å². The first-order valence-electron chi connectivity index (χ1n) is 3.92. The molecule has 0 saturated heterocycles. The van der Waals surface area contributed by atoms with E-state index in [1.165, 1.54) is 6.33 Å². The van der Waals surface area contributed by atoms with Crippen molar-refractivity contribution in [3.05, 3.63) is 29.7 Å². The van der Waals surface area contributed by atoms with Crippen molar-refractivity contribution in [2.75, 3.05) is 5.32 Å². The van der Waals surface area contributed by atoms with E-state index in [1.54, 1.807) is 18.2 Å². The lowest BCUT2D eigenvalue weighted by molar-refractivity contribution is -0.105. The molecule has 0 unspecified atom stereocenters. The Hall–Kier alpha value is -1.68. The Morgan fingerprint density at radius 3 is 3.00 bits per heavy atom. The number of carbonyl (C=O) groups excluding carboxylic acids is 1. The van der Waals surface area contributed by atoms with Gasteiger partial charge in [-0.2, -0.15) is 0 Å². The number of benzene rings is 1. The third-order valence-corrected chi connectivity index (χ3v) is 2.11. The van der Waals surface area contributed by atoms with Crippen molar-refractivity contribution in [3.63, 3.8) is 0 Å². The topological polar surface area (TPSA) is 54.9 Å². The van der Waals surface area contributed by atoms with Crippen LogP contribution in [-0.4, -0.2) is 16.4 Å². The van der Waals surface area contributed by atoms with Crippen molar-refractivity contribution in [2.24, 2.45) is 0 Å². The molecule has 0 fully saturated rings. The predicted molar refractivity (Wildman–Crippen MR) is 54.2 cm³/mol. The number of hydrogen-bond donors (Lipinski definition) is 1. The molecule has 1 N–H and O–H groups in total. The molecule has 1 amide bonds. The molecule has 5 heteroatoms. The monoisotopic (exact) mass is 207 g/mol. The lowest BCUT2D eigenvalue weighted by Crippen LogP contribution is -1.93. The van der Waals surface area contributed by atoms with Gasteiger partial charge < -0.3 is 5.32 Å². The summed E-state index contributed by atoms with van der Waals surface area (Å²) in [4.78, 5) is 18.1. The summed E-state index contributed by atoms with van der Waals surface area (Å²) in [5, 5.41) is 3.63. The molecule has 1 aromatic heterocycles. The highest BCUT2D eigenvalue weighted by Crippen LogP contribution is 2.22. The first-order chi connectivity index (χ1) is 6.81. The molecule has 0 aliphatic heterocycles. The van der Waals surface area contributed by atoms with Crippen LogP contribution in [0.15, 0.2) is 24.5 Å². The molecule has 70 valence electrons. The molecule has 4 nitrogen and oxygen atoms in total. The minimum Gasteiger partial charge on any atom is -0.329 e. The number of fused-ring (bicyclic) bond motifs is 1. The zero-order chi connectivity index (χ0) is 9.97. The summed E-state index contributed by atoms with van der Waals surface area (Å²) in [6, 6.07) is 5.25. The first-order valence-corrected chi connectivity index (χ1v) is 4.29. The van der Waals surface area contributed by atoms with Gasteiger partial charge in [0.2, 0.25) is 6.41 Å². The van der Waals surface area contributed by atoms with Crippen molar-refractivity contribution in [2.45, 2.75) is 0 Å². The Balaban J connectivity index is 2.63. The van der Waals surface area contributed by atoms with Gasteiger partial charge in [0.05, 0.1) is 5.52 Å². The van der Waals surface area contributed by atoms with Crippen LogP contribution in [-0.2, 0) is 4.79 Å². The Kier molecular flexibility index (Phi) is 2.28. The molecule has 1 heterocycles. The number of amides is 1. The predicted octanol–water partition coefficient (Wildman–Crippen LogP) is 1.85. The molecular formula is C9H6ClN3O. The van der Waals surface area contributed by atoms with Crippen LogP contribution < -0.4 is 5.32 Å². The van der Waals surface area contributed by atoms with E-state index >= 15 is 0 Å². The number of aromatic nitrogens is 2. The van der Waals surface area contributed by atoms with Crippen molar-refractivity contribution in [1.82, 2.24) is 9.97 Å². The number of halogens is 1. The van der Waals surface area contributed by atoms with Crippen molar-refractivity contribution < 1.29 is 4.79 Å². The maximum atomic E-state index is 10.2. The largest absolute Gasteiger partial charge is 0.329 e. The van der Waals surface area contributed by atoms with Gasteiger partial charge in [0.25, 0.3) is 0 Å². The number of carbonyl (C=O) groups is 1. The second-order valence-electron chi connectivity index (χ2n) is 2.66. The van der Waals surface area contributed by atoms with Gasteiger partial charge in [-0.1, -0.05) is 11.6 Å². The summed E-state index contributed by atoms with van der Waals surface area (Å²) in [7, 11) is 0. The van der Waals surface area contributed by atoms with Gasteiger partial charge in [0.1, 0.15) is 11.5 Å². The van der Waals surface area contributed by atoms with E-state index in [0.717, 1.165) is 10.9 Å². The second-order valence-corrected chi connectivity index (χ2v) is 3.02. The fourth-order valence-corrected chi connectivity index (χ4v) is 1.38. The van der Waals surface area contributed by atoms with Crippen LogP contribution in [0.3, 0.4) is 0 Å². The van der Waals surface area contributed by atoms with Gasteiger partial charge in [-0.3, -0.25) is 4.79 Å². The lowest BCUT2D eigenvalue weighted by Gasteiger charge is -2.01. The third-order valence-electron chi connectivity index (χ3n) is 1.81. The average Bonchev–Trinajstić information content (AvgIpc) is 2.20. The molecule has 0 aliphatic rings. The maximum absolute atomic E-state index is 10.2. The number of rotatable bonds is 2. The average molecular weight is 208 g/mol. The van der Waals surface area contributed by atoms with Crippen LogP contribution in [0.25, 0.3) is 10.9 Å². The van der Waals surface area contributed by atoms with Crippen LogP contribution in [0, 0.1) is 0 Å². The Morgan fingerprint density at radius 1 is 1.36 bits per heavy atom. The number of nitrogens with one attached hydrogen (secondary N) is 1. The summed E-state index contributed by atoms with van der Waals surface area (Å²) >= 11 is 5.86. The highest BCUT2D eigenvalue weighted by atomic mass is 35.5. The van der Waals surface area contributed by atoms with E-state index in [2.05, 4.69) is 15.3 Å². The summed E-state index contributed by atoms with van der Waals surface area (Å²) in [5.41, 5.74) is 1.42. The van der Waals surface area contributed by atoms with E-state index < -0.39 is 0 Å². The molecule has 0 radical (unpaired) electrons. The van der Waals surface area contributed by atoms with Crippen molar-refractivity contribution >= 4 is 34.6 Å². The first kappa shape index (κ1) is 8.90.